The number of unbranched alkanes of at least 4 members (excludes halogenated alkanes) is 1. The third kappa shape index (κ3) is 14.3. The molecule has 3 aliphatic heterocycles. The number of amides is 1. The summed E-state index contributed by atoms with van der Waals surface area (Å²) in [4.78, 5) is 71.5. The van der Waals surface area contributed by atoms with Gasteiger partial charge in [0, 0.05) is 71.5 Å². The number of rotatable bonds is 13. The predicted octanol–water partition coefficient (Wildman–Crippen LogP) is 8.65. The second-order valence-corrected chi connectivity index (χ2v) is 27.0. The first-order valence-electron chi connectivity index (χ1n) is 25.6. The Balaban J connectivity index is 1.94. The smallest absolute Gasteiger partial charge is 0.329 e. The van der Waals surface area contributed by atoms with E-state index in [1.54, 1.807) is 28.3 Å². The van der Waals surface area contributed by atoms with Gasteiger partial charge >= 0.3 is 5.97 Å². The second kappa shape index (κ2) is 25.2. The van der Waals surface area contributed by atoms with Crippen molar-refractivity contribution >= 4 is 38.0 Å². The molecule has 0 aromatic rings. The molecule has 2 saturated heterocycles. The van der Waals surface area contributed by atoms with E-state index in [2.05, 4.69) is 46.9 Å². The van der Waals surface area contributed by atoms with Gasteiger partial charge < -0.3 is 47.6 Å². The molecule has 1 amide bonds. The summed E-state index contributed by atoms with van der Waals surface area (Å²) in [5.41, 5.74) is 0.930. The maximum absolute atomic E-state index is 15.0. The van der Waals surface area contributed by atoms with Crippen molar-refractivity contribution in [1.29, 1.82) is 0 Å². The second-order valence-electron chi connectivity index (χ2n) is 22.2. The summed E-state index contributed by atoms with van der Waals surface area (Å²) in [6.07, 6.45) is 8.43. The van der Waals surface area contributed by atoms with E-state index in [1.807, 2.05) is 33.8 Å². The zero-order valence-electron chi connectivity index (χ0n) is 44.2. The van der Waals surface area contributed by atoms with Gasteiger partial charge in [-0.3, -0.25) is 14.4 Å². The average molecular weight is 976 g/mol. The zero-order valence-corrected chi connectivity index (χ0v) is 45.2. The van der Waals surface area contributed by atoms with Crippen LogP contribution in [0.5, 0.6) is 0 Å². The van der Waals surface area contributed by atoms with Crippen molar-refractivity contribution in [2.75, 3.05) is 34.5 Å². The van der Waals surface area contributed by atoms with Gasteiger partial charge in [0.15, 0.2) is 8.32 Å². The van der Waals surface area contributed by atoms with Crippen molar-refractivity contribution in [2.24, 2.45) is 23.7 Å². The minimum atomic E-state index is -2.58. The molecule has 0 aromatic heterocycles. The Morgan fingerprint density at radius 2 is 1.63 bits per heavy atom. The summed E-state index contributed by atoms with van der Waals surface area (Å²) >= 11 is 0. The van der Waals surface area contributed by atoms with Gasteiger partial charge in [-0.05, 0) is 114 Å². The fourth-order valence-electron chi connectivity index (χ4n) is 10.7. The van der Waals surface area contributed by atoms with E-state index < -0.39 is 91.7 Å². The molecule has 3 fully saturated rings. The van der Waals surface area contributed by atoms with E-state index in [-0.39, 0.29) is 48.7 Å². The summed E-state index contributed by atoms with van der Waals surface area (Å²) in [5.74, 6) is -7.12. The molecule has 4 aliphatic rings. The van der Waals surface area contributed by atoms with Gasteiger partial charge in [0.25, 0.3) is 11.7 Å². The number of carbonyl (C=O) groups excluding carboxylic acids is 5. The molecule has 1 saturated carbocycles. The van der Waals surface area contributed by atoms with E-state index >= 15 is 4.79 Å². The lowest BCUT2D eigenvalue weighted by Gasteiger charge is -2.47. The summed E-state index contributed by atoms with van der Waals surface area (Å²) in [6.45, 7) is 22.9. The molecular weight excluding hydrogens is 887 g/mol. The molecule has 0 radical (unpaired) electrons. The van der Waals surface area contributed by atoms with Crippen LogP contribution < -0.4 is 0 Å². The first kappa shape index (κ1) is 57.9. The van der Waals surface area contributed by atoms with Crippen LogP contribution in [0.3, 0.4) is 0 Å². The van der Waals surface area contributed by atoms with Gasteiger partial charge in [-0.2, -0.15) is 0 Å². The number of nitrogens with zero attached hydrogens (tertiary/aromatic N) is 1. The zero-order chi connectivity index (χ0) is 50.8. The van der Waals surface area contributed by atoms with E-state index in [9.17, 15) is 24.3 Å². The molecule has 1 N–H and O–H groups in total. The number of piperidine rings is 1. The Labute approximate surface area is 409 Å². The average Bonchev–Trinajstić information content (AvgIpc) is 3.29. The van der Waals surface area contributed by atoms with Crippen molar-refractivity contribution in [3.63, 3.8) is 0 Å². The highest BCUT2D eigenvalue weighted by Gasteiger charge is 2.57. The molecule has 388 valence electrons. The Hall–Kier alpha value is -2.63. The highest BCUT2D eigenvalue weighted by atomic mass is 28.4. The number of esters is 1. The van der Waals surface area contributed by atoms with Crippen molar-refractivity contribution in [1.82, 2.24) is 4.90 Å². The lowest BCUT2D eigenvalue weighted by molar-refractivity contribution is -0.302. The minimum Gasteiger partial charge on any atom is -0.456 e. The Kier molecular flexibility index (Phi) is 21.4. The quantitative estimate of drug-likeness (QED) is 0.0465. The fraction of sp³-hybridized carbons (Fsp3) is 0.830. The van der Waals surface area contributed by atoms with Crippen molar-refractivity contribution in [3.8, 4) is 0 Å². The third-order valence-corrected chi connectivity index (χ3v) is 20.4. The predicted molar refractivity (Wildman–Crippen MR) is 263 cm³/mol. The molecule has 2 bridgehead atoms. The van der Waals surface area contributed by atoms with Crippen LogP contribution in [0.15, 0.2) is 23.3 Å². The number of cyclic esters (lactones) is 1. The van der Waals surface area contributed by atoms with Crippen LogP contribution in [-0.2, 0) is 56.8 Å². The van der Waals surface area contributed by atoms with Gasteiger partial charge in [-0.15, -0.1) is 0 Å². The molecule has 1 aliphatic carbocycles. The highest BCUT2D eigenvalue weighted by molar-refractivity contribution is 6.74. The number of carbonyl (C=O) groups is 5. The Morgan fingerprint density at radius 3 is 2.25 bits per heavy atom. The number of hydrogen-bond acceptors (Lipinski definition) is 13. The first-order chi connectivity index (χ1) is 31.9. The standard InChI is InChI=1S/C53H89NO13Si/c1-15-39-28-34(2)27-35(3)29-44(62-11)47-45(63-12)30-37(5)53(60,66-47)48(57)49(58)54-24-17-16-22-41(54)50(59)65-46(38(6)43(31-42(39)56)67-68(13,14)51(7,8)9)36(4)32-52(64-26-19-18-25-55)23-20-21-40(33-52)61-10/h25,28,32,35,37-41,43-47,60H,15-24,26-27,29-31,33H2,1-14H3/b34-28+,36-32?. The van der Waals surface area contributed by atoms with E-state index in [0.717, 1.165) is 24.7 Å². The number of fused-ring (bicyclic) bond motifs is 3. The maximum Gasteiger partial charge on any atom is 0.329 e. The van der Waals surface area contributed by atoms with Crippen LogP contribution in [-0.4, -0.2) is 137 Å². The molecule has 4 rings (SSSR count). The summed E-state index contributed by atoms with van der Waals surface area (Å²) < 4.78 is 44.8. The molecule has 0 spiro atoms. The number of aldehydes is 1. The van der Waals surface area contributed by atoms with Gasteiger partial charge in [-0.25, -0.2) is 4.79 Å². The van der Waals surface area contributed by atoms with Crippen LogP contribution in [0, 0.1) is 23.7 Å². The summed E-state index contributed by atoms with van der Waals surface area (Å²) in [5, 5.41) is 12.0. The molecular formula is C53H89NO13Si. The summed E-state index contributed by atoms with van der Waals surface area (Å²) in [6, 6.07) is -1.14. The van der Waals surface area contributed by atoms with Crippen LogP contribution >= 0.6 is 0 Å². The van der Waals surface area contributed by atoms with Gasteiger partial charge in [-0.1, -0.05) is 66.2 Å². The normalized spacial score (nSPS) is 36.8. The molecule has 13 atom stereocenters. The van der Waals surface area contributed by atoms with Crippen LogP contribution in [0.4, 0.5) is 0 Å². The molecule has 3 heterocycles. The fourth-order valence-corrected chi connectivity index (χ4v) is 12.1. The topological polar surface area (TPSA) is 173 Å². The monoisotopic (exact) mass is 976 g/mol. The summed E-state index contributed by atoms with van der Waals surface area (Å²) in [7, 11) is 2.22. The van der Waals surface area contributed by atoms with E-state index in [1.165, 1.54) is 4.90 Å². The first-order valence-corrected chi connectivity index (χ1v) is 28.5. The minimum absolute atomic E-state index is 0.0298. The molecule has 13 unspecified atom stereocenters. The molecule has 15 heteroatoms. The van der Waals surface area contributed by atoms with E-state index in [0.29, 0.717) is 70.0 Å². The van der Waals surface area contributed by atoms with E-state index in [4.69, 9.17) is 32.8 Å². The molecule has 0 aromatic carbocycles. The number of allylic oxidation sites excluding steroid dienone is 2. The number of ether oxygens (including phenoxy) is 6. The molecule has 68 heavy (non-hydrogen) atoms. The molecule has 14 nitrogen and oxygen atoms in total. The Morgan fingerprint density at radius 1 is 0.956 bits per heavy atom. The highest BCUT2D eigenvalue weighted by Crippen LogP contribution is 2.43. The number of methoxy groups -OCH3 is 3. The van der Waals surface area contributed by atoms with Crippen LogP contribution in [0.25, 0.3) is 0 Å². The number of hydrogen-bond donors (Lipinski definition) is 1. The lowest BCUT2D eigenvalue weighted by Crippen LogP contribution is -2.64. The number of Topliss-reactive ketones (excluding diaryl/α,β-unsaturated/α-hetero) is 2. The maximum atomic E-state index is 15.0. The van der Waals surface area contributed by atoms with Crippen molar-refractivity contribution < 1.29 is 61.9 Å². The Bertz CT molecular complexity index is 1780. The van der Waals surface area contributed by atoms with Gasteiger partial charge in [0.2, 0.25) is 5.79 Å². The number of ketones is 2. The van der Waals surface area contributed by atoms with Crippen LogP contribution in [0.2, 0.25) is 18.1 Å². The third-order valence-electron chi connectivity index (χ3n) is 15.9. The van der Waals surface area contributed by atoms with Gasteiger partial charge in [0.05, 0.1) is 30.0 Å². The largest absolute Gasteiger partial charge is 0.456 e. The van der Waals surface area contributed by atoms with Crippen LogP contribution in [0.1, 0.15) is 152 Å². The number of aliphatic hydroxyl groups is 1. The lowest BCUT2D eigenvalue weighted by atomic mass is 9.79. The van der Waals surface area contributed by atoms with Crippen molar-refractivity contribution in [2.45, 2.75) is 224 Å². The SMILES string of the molecule is CCC1/C=C(\C)CC(C)CC(OC)C2OC(O)(C(=O)C(=O)N3CCCCC3C(=O)OC(C(C)=CC3(OCCCC=O)CCCC(OC)C3)C(C)C(O[Si](C)(C)C(C)(C)C)CC1=O)C(C)CC2OC. The van der Waals surface area contributed by atoms with Gasteiger partial charge in [0.1, 0.15) is 30.3 Å². The van der Waals surface area contributed by atoms with Crippen molar-refractivity contribution in [3.05, 3.63) is 23.3 Å².